The minimum absolute atomic E-state index is 0.00472. The lowest BCUT2D eigenvalue weighted by Crippen LogP contribution is -2.45. The maximum Gasteiger partial charge on any atom is 0.336 e. The topological polar surface area (TPSA) is 112 Å². The maximum absolute atomic E-state index is 11.4. The first kappa shape index (κ1) is 12.8. The lowest BCUT2D eigenvalue weighted by Gasteiger charge is -2.29. The number of allylic oxidation sites excluding steroid dienone is 1. The fourth-order valence-electron chi connectivity index (χ4n) is 2.26. The van der Waals surface area contributed by atoms with E-state index in [-0.39, 0.29) is 23.1 Å². The fraction of sp³-hybridized carbons (Fsp3) is 0.154. The molecule has 6 nitrogen and oxygen atoms in total. The number of rotatable bonds is 3. The number of carboxylic acid groups (broad SMARTS) is 3. The van der Waals surface area contributed by atoms with Crippen LogP contribution in [0, 0.1) is 0 Å². The van der Waals surface area contributed by atoms with E-state index in [2.05, 4.69) is 0 Å². The second kappa shape index (κ2) is 4.24. The predicted octanol–water partition coefficient (Wildman–Crippen LogP) is 1.21. The van der Waals surface area contributed by atoms with Crippen molar-refractivity contribution >= 4 is 24.0 Å². The lowest BCUT2D eigenvalue weighted by molar-refractivity contribution is -0.157. The molecule has 0 radical (unpaired) electrons. The molecule has 98 valence electrons. The van der Waals surface area contributed by atoms with Crippen LogP contribution < -0.4 is 0 Å². The van der Waals surface area contributed by atoms with Crippen LogP contribution in [0.15, 0.2) is 24.3 Å². The molecule has 0 spiro atoms. The first-order valence-electron chi connectivity index (χ1n) is 5.41. The average Bonchev–Trinajstić information content (AvgIpc) is 2.36. The lowest BCUT2D eigenvalue weighted by atomic mass is 9.71. The highest BCUT2D eigenvalue weighted by Crippen LogP contribution is 2.38. The van der Waals surface area contributed by atoms with E-state index in [9.17, 15) is 24.6 Å². The van der Waals surface area contributed by atoms with Crippen molar-refractivity contribution in [2.75, 3.05) is 0 Å². The largest absolute Gasteiger partial charge is 0.480 e. The molecule has 0 amide bonds. The molecular formula is C13H10O6. The second-order valence-corrected chi connectivity index (χ2v) is 4.19. The number of aromatic carboxylic acids is 1. The van der Waals surface area contributed by atoms with Crippen molar-refractivity contribution in [3.63, 3.8) is 0 Å². The van der Waals surface area contributed by atoms with Crippen molar-refractivity contribution in [3.8, 4) is 0 Å². The molecule has 0 saturated carbocycles. The Kier molecular flexibility index (Phi) is 2.86. The third-order valence-electron chi connectivity index (χ3n) is 3.24. The molecule has 1 aliphatic carbocycles. The highest BCUT2D eigenvalue weighted by atomic mass is 16.4. The van der Waals surface area contributed by atoms with Gasteiger partial charge in [-0.15, -0.1) is 0 Å². The number of benzene rings is 1. The van der Waals surface area contributed by atoms with Gasteiger partial charge in [0.2, 0.25) is 0 Å². The summed E-state index contributed by atoms with van der Waals surface area (Å²) in [6.45, 7) is 0. The van der Waals surface area contributed by atoms with E-state index in [1.165, 1.54) is 30.4 Å². The van der Waals surface area contributed by atoms with Gasteiger partial charge in [-0.3, -0.25) is 9.59 Å². The second-order valence-electron chi connectivity index (χ2n) is 4.19. The number of carbonyl (C=O) groups is 3. The Bertz CT molecular complexity index is 600. The average molecular weight is 262 g/mol. The van der Waals surface area contributed by atoms with Gasteiger partial charge in [0.15, 0.2) is 5.41 Å². The molecular weight excluding hydrogens is 252 g/mol. The van der Waals surface area contributed by atoms with Gasteiger partial charge in [-0.05, 0) is 23.6 Å². The summed E-state index contributed by atoms with van der Waals surface area (Å²) >= 11 is 0. The molecule has 0 aliphatic heterocycles. The number of hydrogen-bond donors (Lipinski definition) is 3. The minimum atomic E-state index is -2.13. The van der Waals surface area contributed by atoms with Gasteiger partial charge in [0.1, 0.15) is 0 Å². The van der Waals surface area contributed by atoms with Crippen LogP contribution in [-0.4, -0.2) is 33.2 Å². The minimum Gasteiger partial charge on any atom is -0.480 e. The Balaban J connectivity index is 2.80. The Morgan fingerprint density at radius 3 is 2.21 bits per heavy atom. The SMILES string of the molecule is O=C(O)c1cccc2c1C=CCC2(C(=O)O)C(=O)O. The van der Waals surface area contributed by atoms with Gasteiger partial charge < -0.3 is 15.3 Å². The molecule has 0 bridgehead atoms. The van der Waals surface area contributed by atoms with Gasteiger partial charge in [-0.25, -0.2) is 4.79 Å². The van der Waals surface area contributed by atoms with Crippen molar-refractivity contribution in [1.29, 1.82) is 0 Å². The van der Waals surface area contributed by atoms with Gasteiger partial charge in [0.25, 0.3) is 0 Å². The van der Waals surface area contributed by atoms with E-state index in [4.69, 9.17) is 5.11 Å². The molecule has 0 unspecified atom stereocenters. The quantitative estimate of drug-likeness (QED) is 0.706. The van der Waals surface area contributed by atoms with Crippen LogP contribution in [-0.2, 0) is 15.0 Å². The molecule has 19 heavy (non-hydrogen) atoms. The first-order valence-corrected chi connectivity index (χ1v) is 5.41. The van der Waals surface area contributed by atoms with Crippen LogP contribution in [0.3, 0.4) is 0 Å². The van der Waals surface area contributed by atoms with Crippen LogP contribution in [0.1, 0.15) is 27.9 Å². The highest BCUT2D eigenvalue weighted by Gasteiger charge is 2.50. The van der Waals surface area contributed by atoms with Crippen LogP contribution in [0.5, 0.6) is 0 Å². The predicted molar refractivity (Wildman–Crippen MR) is 64.0 cm³/mol. The van der Waals surface area contributed by atoms with Crippen LogP contribution in [0.4, 0.5) is 0 Å². The zero-order valence-electron chi connectivity index (χ0n) is 9.66. The van der Waals surface area contributed by atoms with Gasteiger partial charge in [-0.2, -0.15) is 0 Å². The van der Waals surface area contributed by atoms with Gasteiger partial charge in [-0.1, -0.05) is 24.3 Å². The molecule has 3 N–H and O–H groups in total. The summed E-state index contributed by atoms with van der Waals surface area (Å²) in [6, 6.07) is 4.00. The summed E-state index contributed by atoms with van der Waals surface area (Å²) in [7, 11) is 0. The van der Waals surface area contributed by atoms with E-state index >= 15 is 0 Å². The molecule has 0 saturated heterocycles. The number of fused-ring (bicyclic) bond motifs is 1. The number of carboxylic acids is 3. The van der Waals surface area contributed by atoms with Crippen LogP contribution >= 0.6 is 0 Å². The van der Waals surface area contributed by atoms with Crippen molar-refractivity contribution in [1.82, 2.24) is 0 Å². The molecule has 1 aliphatic rings. The summed E-state index contributed by atoms with van der Waals surface area (Å²) in [4.78, 5) is 33.9. The first-order chi connectivity index (χ1) is 8.91. The van der Waals surface area contributed by atoms with E-state index < -0.39 is 23.3 Å². The highest BCUT2D eigenvalue weighted by molar-refractivity contribution is 6.07. The van der Waals surface area contributed by atoms with Crippen molar-refractivity contribution in [2.45, 2.75) is 11.8 Å². The normalized spacial score (nSPS) is 15.6. The van der Waals surface area contributed by atoms with Crippen molar-refractivity contribution in [2.24, 2.45) is 0 Å². The molecule has 1 aromatic rings. The van der Waals surface area contributed by atoms with Crippen LogP contribution in [0.25, 0.3) is 6.08 Å². The summed E-state index contributed by atoms with van der Waals surface area (Å²) < 4.78 is 0. The van der Waals surface area contributed by atoms with Crippen molar-refractivity contribution < 1.29 is 29.7 Å². The molecule has 1 aromatic carbocycles. The van der Waals surface area contributed by atoms with E-state index in [0.29, 0.717) is 0 Å². The summed E-state index contributed by atoms with van der Waals surface area (Å²) in [5.41, 5.74) is -2.11. The zero-order valence-corrected chi connectivity index (χ0v) is 9.66. The summed E-state index contributed by atoms with van der Waals surface area (Å²) in [5.74, 6) is -4.24. The number of aliphatic carboxylic acids is 2. The van der Waals surface area contributed by atoms with E-state index in [1.54, 1.807) is 0 Å². The molecule has 0 aromatic heterocycles. The van der Waals surface area contributed by atoms with Crippen molar-refractivity contribution in [3.05, 3.63) is 41.0 Å². The Morgan fingerprint density at radius 2 is 1.68 bits per heavy atom. The molecule has 0 heterocycles. The summed E-state index contributed by atoms with van der Waals surface area (Å²) in [5, 5.41) is 27.6. The smallest absolute Gasteiger partial charge is 0.336 e. The summed E-state index contributed by atoms with van der Waals surface area (Å²) in [6.07, 6.45) is 2.60. The standard InChI is InChI=1S/C13H10O6/c14-10(15)8-3-1-5-9-7(8)4-2-6-13(9,11(16)17)12(18)19/h1-5H,6H2,(H,14,15)(H,16,17)(H,18,19). The fourth-order valence-corrected chi connectivity index (χ4v) is 2.26. The van der Waals surface area contributed by atoms with Gasteiger partial charge in [0.05, 0.1) is 5.56 Å². The molecule has 0 atom stereocenters. The Labute approximate surface area is 107 Å². The Hall–Kier alpha value is -2.63. The zero-order chi connectivity index (χ0) is 14.2. The molecule has 6 heteroatoms. The van der Waals surface area contributed by atoms with E-state index in [1.807, 2.05) is 0 Å². The maximum atomic E-state index is 11.4. The van der Waals surface area contributed by atoms with Gasteiger partial charge >= 0.3 is 17.9 Å². The van der Waals surface area contributed by atoms with E-state index in [0.717, 1.165) is 0 Å². The third-order valence-corrected chi connectivity index (χ3v) is 3.24. The third kappa shape index (κ3) is 1.69. The van der Waals surface area contributed by atoms with Gasteiger partial charge in [0, 0.05) is 0 Å². The monoisotopic (exact) mass is 262 g/mol. The van der Waals surface area contributed by atoms with Crippen LogP contribution in [0.2, 0.25) is 0 Å². The molecule has 0 fully saturated rings. The molecule has 2 rings (SSSR count). The number of hydrogen-bond acceptors (Lipinski definition) is 3. The Morgan fingerprint density at radius 1 is 1.05 bits per heavy atom.